The highest BCUT2D eigenvalue weighted by Gasteiger charge is 2.20. The van der Waals surface area contributed by atoms with Crippen molar-refractivity contribution in [2.45, 2.75) is 0 Å². The summed E-state index contributed by atoms with van der Waals surface area (Å²) in [6, 6.07) is 84.0. The minimum Gasteiger partial charge on any atom is -0.309 e. The van der Waals surface area contributed by atoms with Crippen LogP contribution in [-0.4, -0.2) is 4.57 Å². The average molecular weight is 795 g/mol. The lowest BCUT2D eigenvalue weighted by atomic mass is 10.00. The van der Waals surface area contributed by atoms with Crippen LogP contribution in [0.25, 0.3) is 91.8 Å². The fourth-order valence-electron chi connectivity index (χ4n) is 9.23. The van der Waals surface area contributed by atoms with Crippen LogP contribution in [0.2, 0.25) is 0 Å². The van der Waals surface area contributed by atoms with Crippen LogP contribution in [0.15, 0.2) is 231 Å². The Balaban J connectivity index is 0.960. The van der Waals surface area contributed by atoms with Gasteiger partial charge in [0, 0.05) is 43.3 Å². The van der Waals surface area contributed by atoms with Gasteiger partial charge in [-0.05, 0) is 98.8 Å². The molecule has 3 heteroatoms. The Morgan fingerprint density at radius 2 is 0.787 bits per heavy atom. The number of hydrogen-bond acceptors (Lipinski definition) is 2. The minimum absolute atomic E-state index is 1.11. The van der Waals surface area contributed by atoms with Crippen LogP contribution in [0, 0.1) is 0 Å². The molecule has 0 radical (unpaired) electrons. The molecular formula is C58H38N2S. The Labute approximate surface area is 358 Å². The molecule has 0 saturated carbocycles. The Hall–Kier alpha value is -7.72. The molecular weight excluding hydrogens is 757 g/mol. The first-order valence-corrected chi connectivity index (χ1v) is 21.6. The monoisotopic (exact) mass is 794 g/mol. The maximum absolute atomic E-state index is 2.43. The van der Waals surface area contributed by atoms with Crippen molar-refractivity contribution in [2.24, 2.45) is 0 Å². The molecule has 61 heavy (non-hydrogen) atoms. The molecule has 10 aromatic carbocycles. The highest BCUT2D eigenvalue weighted by molar-refractivity contribution is 7.27. The van der Waals surface area contributed by atoms with E-state index in [4.69, 9.17) is 0 Å². The number of anilines is 3. The first-order chi connectivity index (χ1) is 30.2. The second kappa shape index (κ2) is 14.5. The molecule has 0 amide bonds. The SMILES string of the molecule is c1ccc(-c2ccc(-c3ccc(N(c4ccc(-c5cccc(-n6c7ccccc7c7ccccc76)c5)cc4)c4cccc5c4sc4c6ccccc6ccc54)cc3)cc2)cc1. The van der Waals surface area contributed by atoms with Crippen LogP contribution in [-0.2, 0) is 0 Å². The molecule has 12 aromatic rings. The van der Waals surface area contributed by atoms with E-state index in [1.807, 2.05) is 11.3 Å². The van der Waals surface area contributed by atoms with E-state index >= 15 is 0 Å². The lowest BCUT2D eigenvalue weighted by Crippen LogP contribution is -2.10. The van der Waals surface area contributed by atoms with Gasteiger partial charge in [0.2, 0.25) is 0 Å². The highest BCUT2D eigenvalue weighted by Crippen LogP contribution is 2.47. The summed E-state index contributed by atoms with van der Waals surface area (Å²) in [6.45, 7) is 0. The van der Waals surface area contributed by atoms with E-state index in [1.165, 1.54) is 91.8 Å². The lowest BCUT2D eigenvalue weighted by molar-refractivity contribution is 1.18. The van der Waals surface area contributed by atoms with Gasteiger partial charge in [-0.1, -0.05) is 176 Å². The second-order valence-corrected chi connectivity index (χ2v) is 16.7. The van der Waals surface area contributed by atoms with E-state index in [-0.39, 0.29) is 0 Å². The van der Waals surface area contributed by atoms with Crippen molar-refractivity contribution < 1.29 is 0 Å². The third-order valence-electron chi connectivity index (χ3n) is 12.2. The summed E-state index contributed by atoms with van der Waals surface area (Å²) < 4.78 is 4.99. The van der Waals surface area contributed by atoms with Crippen molar-refractivity contribution in [2.75, 3.05) is 4.90 Å². The molecule has 0 aliphatic carbocycles. The summed E-state index contributed by atoms with van der Waals surface area (Å²) in [5.74, 6) is 0. The first kappa shape index (κ1) is 35.2. The molecule has 0 atom stereocenters. The van der Waals surface area contributed by atoms with E-state index in [0.29, 0.717) is 0 Å². The number of thiophene rings is 1. The fraction of sp³-hybridized carbons (Fsp3) is 0. The summed E-state index contributed by atoms with van der Waals surface area (Å²) in [5.41, 5.74) is 14.2. The predicted octanol–water partition coefficient (Wildman–Crippen LogP) is 16.8. The molecule has 0 spiro atoms. The highest BCUT2D eigenvalue weighted by atomic mass is 32.1. The van der Waals surface area contributed by atoms with Gasteiger partial charge in [0.25, 0.3) is 0 Å². The number of benzene rings is 10. The molecule has 0 unspecified atom stereocenters. The van der Waals surface area contributed by atoms with Gasteiger partial charge in [0.05, 0.1) is 21.4 Å². The number of para-hydroxylation sites is 2. The maximum atomic E-state index is 2.43. The third-order valence-corrected chi connectivity index (χ3v) is 13.5. The van der Waals surface area contributed by atoms with Crippen molar-refractivity contribution in [1.29, 1.82) is 0 Å². The van der Waals surface area contributed by atoms with Gasteiger partial charge in [0.1, 0.15) is 0 Å². The number of hydrogen-bond donors (Lipinski definition) is 0. The maximum Gasteiger partial charge on any atom is 0.0640 e. The topological polar surface area (TPSA) is 8.17 Å². The zero-order valence-corrected chi connectivity index (χ0v) is 34.1. The van der Waals surface area contributed by atoms with E-state index in [0.717, 1.165) is 17.1 Å². The second-order valence-electron chi connectivity index (χ2n) is 15.7. The third kappa shape index (κ3) is 6.01. The number of fused-ring (bicyclic) bond motifs is 8. The van der Waals surface area contributed by atoms with E-state index in [2.05, 4.69) is 240 Å². The van der Waals surface area contributed by atoms with E-state index in [9.17, 15) is 0 Å². The smallest absolute Gasteiger partial charge is 0.0640 e. The summed E-state index contributed by atoms with van der Waals surface area (Å²) in [6.07, 6.45) is 0. The molecule has 0 N–H and O–H groups in total. The Kier molecular flexibility index (Phi) is 8.39. The van der Waals surface area contributed by atoms with Crippen LogP contribution < -0.4 is 4.90 Å². The zero-order valence-electron chi connectivity index (χ0n) is 33.2. The molecule has 2 heterocycles. The lowest BCUT2D eigenvalue weighted by Gasteiger charge is -2.26. The van der Waals surface area contributed by atoms with Crippen molar-refractivity contribution in [1.82, 2.24) is 4.57 Å². The molecule has 0 aliphatic rings. The number of aromatic nitrogens is 1. The zero-order chi connectivity index (χ0) is 40.3. The first-order valence-electron chi connectivity index (χ1n) is 20.8. The molecule has 12 rings (SSSR count). The van der Waals surface area contributed by atoms with Gasteiger partial charge < -0.3 is 9.47 Å². The van der Waals surface area contributed by atoms with Crippen LogP contribution in [0.1, 0.15) is 0 Å². The fourth-order valence-corrected chi connectivity index (χ4v) is 10.6. The van der Waals surface area contributed by atoms with Crippen LogP contribution >= 0.6 is 11.3 Å². The number of rotatable bonds is 7. The summed E-state index contributed by atoms with van der Waals surface area (Å²) >= 11 is 1.89. The van der Waals surface area contributed by atoms with Crippen LogP contribution in [0.4, 0.5) is 17.1 Å². The van der Waals surface area contributed by atoms with Gasteiger partial charge in [-0.25, -0.2) is 0 Å². The van der Waals surface area contributed by atoms with Gasteiger partial charge in [-0.2, -0.15) is 0 Å². The standard InChI is InChI=1S/C58H38N2S/c1-2-12-39(13-3-1)40-24-26-41(27-25-40)42-28-33-46(34-29-42)59(56-23-11-20-52-53-37-32-44-14-4-5-17-49(44)57(53)61-58(52)56)47-35-30-43(31-36-47)45-15-10-16-48(38-45)60-54-21-8-6-18-50(54)51-19-7-9-22-55(51)60/h1-38H. The minimum atomic E-state index is 1.11. The van der Waals surface area contributed by atoms with Crippen LogP contribution in [0.5, 0.6) is 0 Å². The molecule has 0 fully saturated rings. The molecule has 2 aromatic heterocycles. The normalized spacial score (nSPS) is 11.6. The molecule has 0 bridgehead atoms. The molecule has 286 valence electrons. The van der Waals surface area contributed by atoms with Gasteiger partial charge in [-0.15, -0.1) is 11.3 Å². The van der Waals surface area contributed by atoms with Gasteiger partial charge >= 0.3 is 0 Å². The molecule has 0 saturated heterocycles. The Bertz CT molecular complexity index is 3510. The predicted molar refractivity (Wildman–Crippen MR) is 262 cm³/mol. The number of nitrogens with zero attached hydrogens (tertiary/aromatic N) is 2. The van der Waals surface area contributed by atoms with E-state index < -0.39 is 0 Å². The van der Waals surface area contributed by atoms with Gasteiger partial charge in [-0.3, -0.25) is 0 Å². The quantitative estimate of drug-likeness (QED) is 0.156. The van der Waals surface area contributed by atoms with Crippen molar-refractivity contribution in [3.8, 4) is 39.1 Å². The average Bonchev–Trinajstić information content (AvgIpc) is 3.89. The largest absolute Gasteiger partial charge is 0.309 e. The Morgan fingerprint density at radius 1 is 0.311 bits per heavy atom. The Morgan fingerprint density at radius 3 is 1.44 bits per heavy atom. The summed E-state index contributed by atoms with van der Waals surface area (Å²) in [5, 5.41) is 7.68. The van der Waals surface area contributed by atoms with Gasteiger partial charge in [0.15, 0.2) is 0 Å². The van der Waals surface area contributed by atoms with Crippen LogP contribution in [0.3, 0.4) is 0 Å². The summed E-state index contributed by atoms with van der Waals surface area (Å²) in [7, 11) is 0. The molecule has 2 nitrogen and oxygen atoms in total. The van der Waals surface area contributed by atoms with E-state index in [1.54, 1.807) is 0 Å². The van der Waals surface area contributed by atoms with Crippen molar-refractivity contribution in [3.05, 3.63) is 231 Å². The summed E-state index contributed by atoms with van der Waals surface area (Å²) in [4.78, 5) is 2.43. The van der Waals surface area contributed by atoms with Crippen molar-refractivity contribution >= 4 is 81.1 Å². The van der Waals surface area contributed by atoms with Crippen molar-refractivity contribution in [3.63, 3.8) is 0 Å². The molecule has 0 aliphatic heterocycles.